The molecule has 0 fully saturated rings. The van der Waals surface area contributed by atoms with Gasteiger partial charge in [-0.15, -0.1) is 6.58 Å². The molecule has 1 amide bonds. The molecule has 0 aliphatic rings. The van der Waals surface area contributed by atoms with Crippen molar-refractivity contribution in [2.45, 2.75) is 13.5 Å². The lowest BCUT2D eigenvalue weighted by Crippen LogP contribution is -2.29. The van der Waals surface area contributed by atoms with Crippen LogP contribution in [0.5, 0.6) is 11.5 Å². The molecule has 0 heterocycles. The summed E-state index contributed by atoms with van der Waals surface area (Å²) in [5.74, 6) is 1.37. The molecule has 20 heavy (non-hydrogen) atoms. The molecule has 1 rings (SSSR count). The summed E-state index contributed by atoms with van der Waals surface area (Å²) in [6.45, 7) is 6.45. The molecule has 0 aromatic heterocycles. The molecule has 0 aliphatic heterocycles. The maximum absolute atomic E-state index is 12.0. The van der Waals surface area contributed by atoms with Crippen LogP contribution in [0, 0.1) is 0 Å². The van der Waals surface area contributed by atoms with Crippen molar-refractivity contribution in [1.82, 2.24) is 4.90 Å². The summed E-state index contributed by atoms with van der Waals surface area (Å²) in [7, 11) is 3.21. The van der Waals surface area contributed by atoms with Gasteiger partial charge < -0.3 is 14.4 Å². The summed E-state index contributed by atoms with van der Waals surface area (Å²) in [5.41, 5.74) is 0.924. The van der Waals surface area contributed by atoms with Crippen molar-refractivity contribution in [3.8, 4) is 11.5 Å². The molecule has 0 bridgehead atoms. The minimum atomic E-state index is -0.0507. The van der Waals surface area contributed by atoms with Crippen LogP contribution in [0.1, 0.15) is 12.5 Å². The molecular weight excluding hydrogens is 254 g/mol. The number of methoxy groups -OCH3 is 2. The minimum absolute atomic E-state index is 0.0507. The molecule has 0 radical (unpaired) electrons. The molecule has 0 spiro atoms. The topological polar surface area (TPSA) is 38.8 Å². The third-order valence-corrected chi connectivity index (χ3v) is 2.83. The Morgan fingerprint density at radius 2 is 2.10 bits per heavy atom. The first-order valence-corrected chi connectivity index (χ1v) is 6.39. The quantitative estimate of drug-likeness (QED) is 0.567. The van der Waals surface area contributed by atoms with Crippen LogP contribution in [0.25, 0.3) is 0 Å². The fourth-order valence-corrected chi connectivity index (χ4v) is 1.82. The van der Waals surface area contributed by atoms with Crippen molar-refractivity contribution in [3.63, 3.8) is 0 Å². The second kappa shape index (κ2) is 8.04. The van der Waals surface area contributed by atoms with Gasteiger partial charge in [-0.1, -0.05) is 12.2 Å². The average molecular weight is 275 g/mol. The van der Waals surface area contributed by atoms with Crippen LogP contribution in [0.3, 0.4) is 0 Å². The predicted octanol–water partition coefficient (Wildman–Crippen LogP) is 2.79. The Bertz CT molecular complexity index is 494. The lowest BCUT2D eigenvalue weighted by atomic mass is 10.1. The number of amides is 1. The summed E-state index contributed by atoms with van der Waals surface area (Å²) >= 11 is 0. The second-order valence-electron chi connectivity index (χ2n) is 4.19. The molecule has 0 saturated heterocycles. The SMILES string of the molecule is C=CCN(Cc1ccc(OC)cc1OC)C(=O)/C=C/C. The predicted molar refractivity (Wildman–Crippen MR) is 80.0 cm³/mol. The lowest BCUT2D eigenvalue weighted by molar-refractivity contribution is -0.126. The van der Waals surface area contributed by atoms with E-state index in [9.17, 15) is 4.79 Å². The third-order valence-electron chi connectivity index (χ3n) is 2.83. The van der Waals surface area contributed by atoms with E-state index in [1.165, 1.54) is 0 Å². The smallest absolute Gasteiger partial charge is 0.246 e. The van der Waals surface area contributed by atoms with Crippen LogP contribution in [0.4, 0.5) is 0 Å². The Morgan fingerprint density at radius 3 is 2.65 bits per heavy atom. The molecule has 0 saturated carbocycles. The number of hydrogen-bond acceptors (Lipinski definition) is 3. The highest BCUT2D eigenvalue weighted by Gasteiger charge is 2.13. The molecule has 0 N–H and O–H groups in total. The zero-order valence-electron chi connectivity index (χ0n) is 12.3. The Hall–Kier alpha value is -2.23. The van der Waals surface area contributed by atoms with Gasteiger partial charge in [0, 0.05) is 24.7 Å². The van der Waals surface area contributed by atoms with Gasteiger partial charge in [-0.25, -0.2) is 0 Å². The first-order chi connectivity index (χ1) is 9.65. The number of nitrogens with zero attached hydrogens (tertiary/aromatic N) is 1. The summed E-state index contributed by atoms with van der Waals surface area (Å²) < 4.78 is 10.5. The van der Waals surface area contributed by atoms with E-state index in [4.69, 9.17) is 9.47 Å². The number of ether oxygens (including phenoxy) is 2. The number of rotatable bonds is 7. The lowest BCUT2D eigenvalue weighted by Gasteiger charge is -2.21. The van der Waals surface area contributed by atoms with Crippen molar-refractivity contribution in [1.29, 1.82) is 0 Å². The minimum Gasteiger partial charge on any atom is -0.497 e. The Morgan fingerprint density at radius 1 is 1.35 bits per heavy atom. The van der Waals surface area contributed by atoms with Gasteiger partial charge >= 0.3 is 0 Å². The van der Waals surface area contributed by atoms with Crippen molar-refractivity contribution in [3.05, 3.63) is 48.6 Å². The zero-order valence-corrected chi connectivity index (χ0v) is 12.3. The molecule has 108 valence electrons. The van der Waals surface area contributed by atoms with Gasteiger partial charge in [-0.3, -0.25) is 4.79 Å². The molecule has 4 nitrogen and oxygen atoms in total. The summed E-state index contributed by atoms with van der Waals surface area (Å²) in [6, 6.07) is 5.56. The van der Waals surface area contributed by atoms with Crippen molar-refractivity contribution in [2.75, 3.05) is 20.8 Å². The second-order valence-corrected chi connectivity index (χ2v) is 4.19. The molecule has 0 unspecified atom stereocenters. The maximum atomic E-state index is 12.0. The van der Waals surface area contributed by atoms with E-state index in [1.54, 1.807) is 37.3 Å². The van der Waals surface area contributed by atoms with Crippen LogP contribution in [-0.2, 0) is 11.3 Å². The molecule has 1 aromatic rings. The molecule has 1 aromatic carbocycles. The van der Waals surface area contributed by atoms with Gasteiger partial charge in [0.25, 0.3) is 0 Å². The Labute approximate surface area is 120 Å². The van der Waals surface area contributed by atoms with Crippen molar-refractivity contribution < 1.29 is 14.3 Å². The fraction of sp³-hybridized carbons (Fsp3) is 0.312. The molecule has 4 heteroatoms. The van der Waals surface area contributed by atoms with Gasteiger partial charge in [0.1, 0.15) is 11.5 Å². The first-order valence-electron chi connectivity index (χ1n) is 6.39. The van der Waals surface area contributed by atoms with E-state index in [-0.39, 0.29) is 5.91 Å². The van der Waals surface area contributed by atoms with E-state index in [2.05, 4.69) is 6.58 Å². The number of allylic oxidation sites excluding steroid dienone is 1. The third kappa shape index (κ3) is 4.16. The van der Waals surface area contributed by atoms with Gasteiger partial charge in [-0.2, -0.15) is 0 Å². The largest absolute Gasteiger partial charge is 0.497 e. The summed E-state index contributed by atoms with van der Waals surface area (Å²) in [4.78, 5) is 13.7. The van der Waals surface area contributed by atoms with Gasteiger partial charge in [0.2, 0.25) is 5.91 Å². The Balaban J connectivity index is 2.98. The van der Waals surface area contributed by atoms with Crippen molar-refractivity contribution >= 4 is 5.91 Å². The van der Waals surface area contributed by atoms with Crippen LogP contribution in [0.15, 0.2) is 43.0 Å². The number of carbonyl (C=O) groups is 1. The monoisotopic (exact) mass is 275 g/mol. The average Bonchev–Trinajstić information content (AvgIpc) is 2.47. The molecule has 0 atom stereocenters. The van der Waals surface area contributed by atoms with Gasteiger partial charge in [-0.05, 0) is 25.1 Å². The maximum Gasteiger partial charge on any atom is 0.246 e. The van der Waals surface area contributed by atoms with Crippen LogP contribution >= 0.6 is 0 Å². The van der Waals surface area contributed by atoms with E-state index in [1.807, 2.05) is 25.1 Å². The normalized spacial score (nSPS) is 10.3. The van der Waals surface area contributed by atoms with Gasteiger partial charge in [0.05, 0.1) is 14.2 Å². The van der Waals surface area contributed by atoms with E-state index < -0.39 is 0 Å². The summed E-state index contributed by atoms with van der Waals surface area (Å²) in [5, 5.41) is 0. The first kappa shape index (κ1) is 15.8. The Kier molecular flexibility index (Phi) is 6.37. The van der Waals surface area contributed by atoms with Gasteiger partial charge in [0.15, 0.2) is 0 Å². The number of carbonyl (C=O) groups excluding carboxylic acids is 1. The van der Waals surface area contributed by atoms with Crippen molar-refractivity contribution in [2.24, 2.45) is 0 Å². The highest BCUT2D eigenvalue weighted by Crippen LogP contribution is 2.25. The molecular formula is C16H21NO3. The van der Waals surface area contributed by atoms with Crippen LogP contribution in [-0.4, -0.2) is 31.6 Å². The number of hydrogen-bond donors (Lipinski definition) is 0. The standard InChI is InChI=1S/C16H21NO3/c1-5-7-16(18)17(10-6-2)12-13-8-9-14(19-3)11-15(13)20-4/h5-9,11H,2,10,12H2,1,3-4H3/b7-5+. The van der Waals surface area contributed by atoms with Crippen LogP contribution in [0.2, 0.25) is 0 Å². The van der Waals surface area contributed by atoms with E-state index in [0.717, 1.165) is 11.3 Å². The summed E-state index contributed by atoms with van der Waals surface area (Å²) in [6.07, 6.45) is 4.97. The number of benzene rings is 1. The van der Waals surface area contributed by atoms with Crippen LogP contribution < -0.4 is 9.47 Å². The highest BCUT2D eigenvalue weighted by molar-refractivity contribution is 5.87. The fourth-order valence-electron chi connectivity index (χ4n) is 1.82. The molecule has 0 aliphatic carbocycles. The van der Waals surface area contributed by atoms with E-state index >= 15 is 0 Å². The van der Waals surface area contributed by atoms with E-state index in [0.29, 0.717) is 18.8 Å². The highest BCUT2D eigenvalue weighted by atomic mass is 16.5. The zero-order chi connectivity index (χ0) is 15.0.